The molecule has 1 rings (SSSR count). The number of ether oxygens (including phenoxy) is 1. The summed E-state index contributed by atoms with van der Waals surface area (Å²) < 4.78 is 4.79. The molecule has 0 radical (unpaired) electrons. The quantitative estimate of drug-likeness (QED) is 0.711. The highest BCUT2D eigenvalue weighted by Crippen LogP contribution is 2.14. The van der Waals surface area contributed by atoms with Crippen molar-refractivity contribution < 1.29 is 14.3 Å². The molecule has 6 nitrogen and oxygen atoms in total. The lowest BCUT2D eigenvalue weighted by Gasteiger charge is -2.21. The fourth-order valence-electron chi connectivity index (χ4n) is 1.88. The Hall–Kier alpha value is -0.850. The zero-order valence-corrected chi connectivity index (χ0v) is 11.8. The van der Waals surface area contributed by atoms with Gasteiger partial charge in [-0.3, -0.25) is 9.59 Å². The smallest absolute Gasteiger partial charge is 0.245 e. The van der Waals surface area contributed by atoms with Gasteiger partial charge in [-0.25, -0.2) is 0 Å². The number of hydrogen-bond donors (Lipinski definition) is 2. The van der Waals surface area contributed by atoms with E-state index in [0.29, 0.717) is 13.0 Å². The van der Waals surface area contributed by atoms with Crippen LogP contribution in [0.2, 0.25) is 0 Å². The Labute approximate surface area is 114 Å². The first-order valence-corrected chi connectivity index (χ1v) is 5.82. The Morgan fingerprint density at radius 1 is 1.61 bits per heavy atom. The number of hydrogen-bond acceptors (Lipinski definition) is 4. The Balaban J connectivity index is 0.00000289. The number of nitrogens with zero attached hydrogens (tertiary/aromatic N) is 1. The van der Waals surface area contributed by atoms with Crippen molar-refractivity contribution in [1.29, 1.82) is 0 Å². The van der Waals surface area contributed by atoms with Crippen LogP contribution in [0.4, 0.5) is 0 Å². The Morgan fingerprint density at radius 3 is 2.67 bits per heavy atom. The lowest BCUT2D eigenvalue weighted by molar-refractivity contribution is -0.134. The molecule has 0 spiro atoms. The number of carbonyl (C=O) groups excluding carboxylic acids is 2. The molecule has 1 saturated heterocycles. The van der Waals surface area contributed by atoms with Crippen LogP contribution >= 0.6 is 12.4 Å². The molecular formula is C11H22ClN3O3. The number of carbonyl (C=O) groups is 2. The summed E-state index contributed by atoms with van der Waals surface area (Å²) in [7, 11) is 1.48. The summed E-state index contributed by atoms with van der Waals surface area (Å²) in [6.45, 7) is 4.75. The van der Waals surface area contributed by atoms with E-state index in [-0.39, 0.29) is 36.9 Å². The molecule has 0 aliphatic carbocycles. The normalized spacial score (nSPS) is 20.8. The van der Waals surface area contributed by atoms with Crippen molar-refractivity contribution in [3.8, 4) is 0 Å². The molecule has 2 atom stereocenters. The molecule has 0 aromatic rings. The van der Waals surface area contributed by atoms with E-state index in [4.69, 9.17) is 10.5 Å². The van der Waals surface area contributed by atoms with Gasteiger partial charge >= 0.3 is 0 Å². The first-order chi connectivity index (χ1) is 7.97. The number of methoxy groups -OCH3 is 1. The summed E-state index contributed by atoms with van der Waals surface area (Å²) in [6.07, 6.45) is 0.641. The molecule has 0 aromatic carbocycles. The summed E-state index contributed by atoms with van der Waals surface area (Å²) >= 11 is 0. The van der Waals surface area contributed by atoms with Gasteiger partial charge in [-0.2, -0.15) is 0 Å². The van der Waals surface area contributed by atoms with Gasteiger partial charge in [0.2, 0.25) is 11.8 Å². The van der Waals surface area contributed by atoms with Crippen LogP contribution in [0.3, 0.4) is 0 Å². The minimum absolute atomic E-state index is 0. The highest BCUT2D eigenvalue weighted by atomic mass is 35.5. The van der Waals surface area contributed by atoms with E-state index >= 15 is 0 Å². The maximum Gasteiger partial charge on any atom is 0.245 e. The van der Waals surface area contributed by atoms with Crippen molar-refractivity contribution in [2.24, 2.45) is 5.73 Å². The van der Waals surface area contributed by atoms with Crippen LogP contribution in [-0.2, 0) is 14.3 Å². The first-order valence-electron chi connectivity index (χ1n) is 5.82. The highest BCUT2D eigenvalue weighted by molar-refractivity contribution is 5.91. The van der Waals surface area contributed by atoms with E-state index in [1.807, 2.05) is 13.8 Å². The van der Waals surface area contributed by atoms with E-state index in [2.05, 4.69) is 5.32 Å². The van der Waals surface area contributed by atoms with Crippen molar-refractivity contribution in [3.05, 3.63) is 0 Å². The van der Waals surface area contributed by atoms with Crippen LogP contribution in [0.5, 0.6) is 0 Å². The van der Waals surface area contributed by atoms with E-state index in [9.17, 15) is 9.59 Å². The second kappa shape index (κ2) is 7.56. The molecule has 2 amide bonds. The monoisotopic (exact) mass is 279 g/mol. The molecule has 1 aliphatic heterocycles. The van der Waals surface area contributed by atoms with E-state index in [1.165, 1.54) is 7.11 Å². The van der Waals surface area contributed by atoms with Crippen LogP contribution in [-0.4, -0.2) is 55.1 Å². The van der Waals surface area contributed by atoms with Gasteiger partial charge in [0.25, 0.3) is 0 Å². The Morgan fingerprint density at radius 2 is 2.22 bits per heavy atom. The van der Waals surface area contributed by atoms with Gasteiger partial charge in [0.15, 0.2) is 0 Å². The van der Waals surface area contributed by atoms with Gasteiger partial charge < -0.3 is 20.7 Å². The summed E-state index contributed by atoms with van der Waals surface area (Å²) in [5.74, 6) is -0.367. The Kier molecular flexibility index (Phi) is 7.20. The predicted molar refractivity (Wildman–Crippen MR) is 70.5 cm³/mol. The summed E-state index contributed by atoms with van der Waals surface area (Å²) in [4.78, 5) is 25.3. The van der Waals surface area contributed by atoms with Gasteiger partial charge in [0.05, 0.1) is 6.61 Å². The molecule has 0 saturated carbocycles. The fraction of sp³-hybridized carbons (Fsp3) is 0.818. The third-order valence-electron chi connectivity index (χ3n) is 2.86. The maximum absolute atomic E-state index is 11.9. The summed E-state index contributed by atoms with van der Waals surface area (Å²) in [6, 6.07) is -0.995. The number of nitrogens with one attached hydrogen (secondary N) is 1. The van der Waals surface area contributed by atoms with Crippen molar-refractivity contribution >= 4 is 24.2 Å². The Bertz CT molecular complexity index is 299. The SMILES string of the molecule is COCC(N)C(=O)NC1CCN(C(C)C)C1=O.Cl. The highest BCUT2D eigenvalue weighted by Gasteiger charge is 2.34. The molecule has 1 fully saturated rings. The van der Waals surface area contributed by atoms with Crippen molar-refractivity contribution in [2.75, 3.05) is 20.3 Å². The molecule has 1 aliphatic rings. The van der Waals surface area contributed by atoms with Gasteiger partial charge in [-0.1, -0.05) is 0 Å². The topological polar surface area (TPSA) is 84.7 Å². The zero-order chi connectivity index (χ0) is 13.0. The second-order valence-corrected chi connectivity index (χ2v) is 4.54. The molecule has 3 N–H and O–H groups in total. The van der Waals surface area contributed by atoms with Gasteiger partial charge in [-0.15, -0.1) is 12.4 Å². The van der Waals surface area contributed by atoms with E-state index in [1.54, 1.807) is 4.90 Å². The molecule has 7 heteroatoms. The zero-order valence-electron chi connectivity index (χ0n) is 11.0. The molecule has 0 aromatic heterocycles. The van der Waals surface area contributed by atoms with Crippen LogP contribution in [0.25, 0.3) is 0 Å². The summed E-state index contributed by atoms with van der Waals surface area (Å²) in [5, 5.41) is 2.66. The molecule has 1 heterocycles. The molecule has 106 valence electrons. The van der Waals surface area contributed by atoms with Crippen LogP contribution in [0.15, 0.2) is 0 Å². The lowest BCUT2D eigenvalue weighted by Crippen LogP contribution is -2.50. The minimum Gasteiger partial charge on any atom is -0.383 e. The molecule has 2 unspecified atom stereocenters. The van der Waals surface area contributed by atoms with Crippen molar-refractivity contribution in [1.82, 2.24) is 10.2 Å². The van der Waals surface area contributed by atoms with Crippen molar-refractivity contribution in [3.63, 3.8) is 0 Å². The second-order valence-electron chi connectivity index (χ2n) is 4.54. The molecular weight excluding hydrogens is 258 g/mol. The standard InChI is InChI=1S/C11H21N3O3.ClH/c1-7(2)14-5-4-9(11(14)16)13-10(15)8(12)6-17-3;/h7-9H,4-6,12H2,1-3H3,(H,13,15);1H. The third kappa shape index (κ3) is 4.12. The molecule has 18 heavy (non-hydrogen) atoms. The van der Waals surface area contributed by atoms with Gasteiger partial charge in [-0.05, 0) is 20.3 Å². The van der Waals surface area contributed by atoms with Gasteiger partial charge in [0.1, 0.15) is 12.1 Å². The largest absolute Gasteiger partial charge is 0.383 e. The first kappa shape index (κ1) is 17.2. The fourth-order valence-corrected chi connectivity index (χ4v) is 1.88. The number of nitrogens with two attached hydrogens (primary N) is 1. The molecule has 0 bridgehead atoms. The lowest BCUT2D eigenvalue weighted by atomic mass is 10.2. The van der Waals surface area contributed by atoms with Crippen LogP contribution < -0.4 is 11.1 Å². The van der Waals surface area contributed by atoms with E-state index < -0.39 is 12.1 Å². The number of halogens is 1. The average Bonchev–Trinajstić information content (AvgIpc) is 2.61. The van der Waals surface area contributed by atoms with Crippen molar-refractivity contribution in [2.45, 2.75) is 38.4 Å². The minimum atomic E-state index is -0.721. The van der Waals surface area contributed by atoms with Crippen LogP contribution in [0, 0.1) is 0 Å². The maximum atomic E-state index is 11.9. The van der Waals surface area contributed by atoms with Crippen LogP contribution in [0.1, 0.15) is 20.3 Å². The number of likely N-dealkylation sites (tertiary alicyclic amines) is 1. The van der Waals surface area contributed by atoms with E-state index in [0.717, 1.165) is 0 Å². The number of rotatable bonds is 5. The third-order valence-corrected chi connectivity index (χ3v) is 2.86. The predicted octanol–water partition coefficient (Wildman–Crippen LogP) is -0.493. The summed E-state index contributed by atoms with van der Waals surface area (Å²) in [5.41, 5.74) is 5.58. The number of amides is 2. The van der Waals surface area contributed by atoms with Gasteiger partial charge in [0, 0.05) is 19.7 Å². The average molecular weight is 280 g/mol.